The van der Waals surface area contributed by atoms with E-state index in [0.29, 0.717) is 36.6 Å². The summed E-state index contributed by atoms with van der Waals surface area (Å²) in [5.74, 6) is -0.611. The van der Waals surface area contributed by atoms with Gasteiger partial charge in [-0.05, 0) is 56.0 Å². The number of anilines is 3. The molecule has 2 aromatic carbocycles. The number of piperidine rings is 1. The highest BCUT2D eigenvalue weighted by Crippen LogP contribution is 2.23. The van der Waals surface area contributed by atoms with Crippen LogP contribution in [0, 0.1) is 12.8 Å². The van der Waals surface area contributed by atoms with Crippen LogP contribution < -0.4 is 21.3 Å². The Kier molecular flexibility index (Phi) is 8.24. The average Bonchev–Trinajstić information content (AvgIpc) is 2.78. The number of carbonyl (C=O) groups is 4. The Morgan fingerprint density at radius 3 is 2.09 bits per heavy atom. The summed E-state index contributed by atoms with van der Waals surface area (Å²) >= 11 is 0. The van der Waals surface area contributed by atoms with Gasteiger partial charge in [-0.15, -0.1) is 0 Å². The van der Waals surface area contributed by atoms with E-state index in [1.807, 2.05) is 31.2 Å². The lowest BCUT2D eigenvalue weighted by Gasteiger charge is -2.33. The molecule has 1 unspecified atom stereocenters. The van der Waals surface area contributed by atoms with E-state index >= 15 is 0 Å². The van der Waals surface area contributed by atoms with Crippen LogP contribution >= 0.6 is 0 Å². The van der Waals surface area contributed by atoms with E-state index < -0.39 is 0 Å². The Labute approximate surface area is 199 Å². The maximum absolute atomic E-state index is 13.2. The number of rotatable bonds is 6. The van der Waals surface area contributed by atoms with Gasteiger partial charge < -0.3 is 26.2 Å². The number of nitrogens with zero attached hydrogens (tertiary/aromatic N) is 1. The molecule has 34 heavy (non-hydrogen) atoms. The number of hydrogen-bond acceptors (Lipinski definition) is 4. The van der Waals surface area contributed by atoms with Crippen molar-refractivity contribution in [3.05, 3.63) is 53.6 Å². The number of nitrogens with one attached hydrogen (secondary N) is 4. The second-order valence-electron chi connectivity index (χ2n) is 8.62. The zero-order chi connectivity index (χ0) is 24.7. The summed E-state index contributed by atoms with van der Waals surface area (Å²) in [5, 5.41) is 11.0. The number of urea groups is 1. The zero-order valence-electron chi connectivity index (χ0n) is 19.7. The molecular formula is C25H31N5O4. The number of benzene rings is 2. The van der Waals surface area contributed by atoms with E-state index in [1.165, 1.54) is 13.8 Å². The number of amides is 5. The van der Waals surface area contributed by atoms with Crippen LogP contribution in [0.2, 0.25) is 0 Å². The van der Waals surface area contributed by atoms with Crippen molar-refractivity contribution in [1.82, 2.24) is 10.2 Å². The molecule has 2 aromatic rings. The van der Waals surface area contributed by atoms with Gasteiger partial charge in [0.25, 0.3) is 5.91 Å². The van der Waals surface area contributed by atoms with Crippen LogP contribution in [0.5, 0.6) is 0 Å². The van der Waals surface area contributed by atoms with E-state index in [1.54, 1.807) is 23.1 Å². The highest BCUT2D eigenvalue weighted by Gasteiger charge is 2.25. The Hall–Kier alpha value is -3.88. The van der Waals surface area contributed by atoms with Crippen molar-refractivity contribution < 1.29 is 19.2 Å². The van der Waals surface area contributed by atoms with Gasteiger partial charge in [0.15, 0.2) is 0 Å². The molecule has 5 amide bonds. The molecule has 0 saturated carbocycles. The molecule has 0 bridgehead atoms. The van der Waals surface area contributed by atoms with Crippen molar-refractivity contribution in [2.45, 2.75) is 33.6 Å². The van der Waals surface area contributed by atoms with Gasteiger partial charge in [0.2, 0.25) is 11.8 Å². The second-order valence-corrected chi connectivity index (χ2v) is 8.62. The maximum Gasteiger partial charge on any atom is 0.319 e. The van der Waals surface area contributed by atoms with Gasteiger partial charge in [-0.25, -0.2) is 4.79 Å². The molecule has 1 atom stereocenters. The highest BCUT2D eigenvalue weighted by molar-refractivity contribution is 6.00. The van der Waals surface area contributed by atoms with Gasteiger partial charge in [-0.2, -0.15) is 0 Å². The molecule has 0 radical (unpaired) electrons. The highest BCUT2D eigenvalue weighted by atomic mass is 16.2. The number of hydrogen-bond donors (Lipinski definition) is 4. The van der Waals surface area contributed by atoms with Gasteiger partial charge in [-0.3, -0.25) is 14.4 Å². The predicted molar refractivity (Wildman–Crippen MR) is 132 cm³/mol. The third-order valence-corrected chi connectivity index (χ3v) is 5.49. The van der Waals surface area contributed by atoms with Gasteiger partial charge in [0.1, 0.15) is 0 Å². The summed E-state index contributed by atoms with van der Waals surface area (Å²) in [6.07, 6.45) is 1.72. The number of likely N-dealkylation sites (tertiary alicyclic amines) is 1. The van der Waals surface area contributed by atoms with E-state index in [2.05, 4.69) is 21.3 Å². The van der Waals surface area contributed by atoms with Crippen LogP contribution in [0.3, 0.4) is 0 Å². The Morgan fingerprint density at radius 1 is 0.882 bits per heavy atom. The van der Waals surface area contributed by atoms with Crippen molar-refractivity contribution >= 4 is 40.8 Å². The quantitative estimate of drug-likeness (QED) is 0.521. The standard InChI is InChI=1S/C25H31N5O4/c1-16-6-8-21(9-7-16)29-25(34)26-14-19-5-4-10-30(15-19)24(33)20-11-22(27-17(2)31)13-23(12-20)28-18(3)32/h6-9,11-13,19H,4-5,10,14-15H2,1-3H3,(H,27,31)(H,28,32)(H2,26,29,34). The summed E-state index contributed by atoms with van der Waals surface area (Å²) in [4.78, 5) is 50.2. The fourth-order valence-corrected chi connectivity index (χ4v) is 3.95. The summed E-state index contributed by atoms with van der Waals surface area (Å²) in [6.45, 7) is 6.29. The van der Waals surface area contributed by atoms with Gasteiger partial charge >= 0.3 is 6.03 Å². The molecule has 1 aliphatic rings. The molecule has 0 spiro atoms. The van der Waals surface area contributed by atoms with E-state index in [9.17, 15) is 19.2 Å². The van der Waals surface area contributed by atoms with Crippen molar-refractivity contribution in [1.29, 1.82) is 0 Å². The third-order valence-electron chi connectivity index (χ3n) is 5.49. The summed E-state index contributed by atoms with van der Waals surface area (Å²) < 4.78 is 0. The fraction of sp³-hybridized carbons (Fsp3) is 0.360. The molecule has 180 valence electrons. The molecule has 4 N–H and O–H groups in total. The third kappa shape index (κ3) is 7.33. The normalized spacial score (nSPS) is 15.3. The smallest absolute Gasteiger partial charge is 0.319 e. The molecule has 0 aromatic heterocycles. The van der Waals surface area contributed by atoms with Crippen LogP contribution in [-0.4, -0.2) is 48.3 Å². The molecule has 9 nitrogen and oxygen atoms in total. The van der Waals surface area contributed by atoms with E-state index in [4.69, 9.17) is 0 Å². The van der Waals surface area contributed by atoms with E-state index in [-0.39, 0.29) is 29.7 Å². The van der Waals surface area contributed by atoms with Crippen LogP contribution in [0.15, 0.2) is 42.5 Å². The minimum Gasteiger partial charge on any atom is -0.338 e. The molecule has 1 aliphatic heterocycles. The lowest BCUT2D eigenvalue weighted by molar-refractivity contribution is -0.115. The summed E-state index contributed by atoms with van der Waals surface area (Å²) in [7, 11) is 0. The molecule has 0 aliphatic carbocycles. The van der Waals surface area contributed by atoms with Crippen molar-refractivity contribution in [2.75, 3.05) is 35.6 Å². The molecule has 9 heteroatoms. The second kappa shape index (κ2) is 11.3. The predicted octanol–water partition coefficient (Wildman–Crippen LogP) is 3.59. The Bertz CT molecular complexity index is 1030. The first-order valence-corrected chi connectivity index (χ1v) is 11.3. The molecule has 1 heterocycles. The largest absolute Gasteiger partial charge is 0.338 e. The minimum atomic E-state index is -0.282. The average molecular weight is 466 g/mol. The Balaban J connectivity index is 1.61. The minimum absolute atomic E-state index is 0.120. The monoisotopic (exact) mass is 465 g/mol. The SMILES string of the molecule is CC(=O)Nc1cc(NC(C)=O)cc(C(=O)N2CCCC(CNC(=O)Nc3ccc(C)cc3)C2)c1. The van der Waals surface area contributed by atoms with Gasteiger partial charge in [0.05, 0.1) is 0 Å². The van der Waals surface area contributed by atoms with Crippen LogP contribution in [0.4, 0.5) is 21.9 Å². The lowest BCUT2D eigenvalue weighted by atomic mass is 9.97. The topological polar surface area (TPSA) is 120 Å². The van der Waals surface area contributed by atoms with Crippen LogP contribution in [0.25, 0.3) is 0 Å². The molecule has 1 fully saturated rings. The first kappa shape index (κ1) is 24.8. The first-order valence-electron chi connectivity index (χ1n) is 11.3. The molecule has 1 saturated heterocycles. The summed E-state index contributed by atoms with van der Waals surface area (Å²) in [6, 6.07) is 12.1. The van der Waals surface area contributed by atoms with Gasteiger partial charge in [-0.1, -0.05) is 17.7 Å². The van der Waals surface area contributed by atoms with Crippen LogP contribution in [0.1, 0.15) is 42.6 Å². The van der Waals surface area contributed by atoms with Crippen molar-refractivity contribution in [2.24, 2.45) is 5.92 Å². The first-order chi connectivity index (χ1) is 16.2. The molecule has 3 rings (SSSR count). The summed E-state index contributed by atoms with van der Waals surface area (Å²) in [5.41, 5.74) is 3.08. The van der Waals surface area contributed by atoms with E-state index in [0.717, 1.165) is 24.1 Å². The van der Waals surface area contributed by atoms with Gasteiger partial charge in [0, 0.05) is 56.1 Å². The van der Waals surface area contributed by atoms with Crippen LogP contribution in [-0.2, 0) is 9.59 Å². The van der Waals surface area contributed by atoms with Crippen molar-refractivity contribution in [3.8, 4) is 0 Å². The Morgan fingerprint density at radius 2 is 1.50 bits per heavy atom. The van der Waals surface area contributed by atoms with Crippen molar-refractivity contribution in [3.63, 3.8) is 0 Å². The number of carbonyl (C=O) groups excluding carboxylic acids is 4. The number of aryl methyl sites for hydroxylation is 1. The fourth-order valence-electron chi connectivity index (χ4n) is 3.95. The lowest BCUT2D eigenvalue weighted by Crippen LogP contribution is -2.44. The maximum atomic E-state index is 13.2. The zero-order valence-corrected chi connectivity index (χ0v) is 19.7. The molecular weight excluding hydrogens is 434 g/mol.